The first-order valence-electron chi connectivity index (χ1n) is 7.45. The van der Waals surface area contributed by atoms with E-state index in [1.165, 1.54) is 0 Å². The molecule has 0 aliphatic rings. The number of aryl methyl sites for hydroxylation is 3. The predicted octanol–water partition coefficient (Wildman–Crippen LogP) is 2.32. The van der Waals surface area contributed by atoms with Crippen molar-refractivity contribution in [3.63, 3.8) is 0 Å². The van der Waals surface area contributed by atoms with E-state index in [0.717, 1.165) is 11.3 Å². The summed E-state index contributed by atoms with van der Waals surface area (Å²) in [5.74, 6) is 0.0271. The van der Waals surface area contributed by atoms with Crippen LogP contribution in [0.15, 0.2) is 35.2 Å². The van der Waals surface area contributed by atoms with E-state index < -0.39 is 9.84 Å². The molecule has 1 aromatic heterocycles. The van der Waals surface area contributed by atoms with Gasteiger partial charge in [0.2, 0.25) is 5.91 Å². The number of sulfone groups is 1. The summed E-state index contributed by atoms with van der Waals surface area (Å²) in [4.78, 5) is 12.2. The highest BCUT2D eigenvalue weighted by atomic mass is 32.2. The molecule has 2 rings (SSSR count). The summed E-state index contributed by atoms with van der Waals surface area (Å²) in [6.45, 7) is 6.28. The van der Waals surface area contributed by atoms with E-state index in [0.29, 0.717) is 12.4 Å². The average Bonchev–Trinajstić information content (AvgIpc) is 2.85. The first kappa shape index (κ1) is 17.2. The van der Waals surface area contributed by atoms with Gasteiger partial charge >= 0.3 is 0 Å². The molecule has 6 nitrogen and oxygen atoms in total. The SMILES string of the molecule is CCn1nc(C)cc1NC(=O)CCS(=O)(=O)c1ccc(C)cc1. The van der Waals surface area contributed by atoms with Crippen molar-refractivity contribution in [1.29, 1.82) is 0 Å². The van der Waals surface area contributed by atoms with Crippen molar-refractivity contribution in [2.45, 2.75) is 38.6 Å². The molecule has 23 heavy (non-hydrogen) atoms. The van der Waals surface area contributed by atoms with E-state index in [4.69, 9.17) is 0 Å². The lowest BCUT2D eigenvalue weighted by Gasteiger charge is -2.08. The summed E-state index contributed by atoms with van der Waals surface area (Å²) in [6.07, 6.45) is -0.0931. The fraction of sp³-hybridized carbons (Fsp3) is 0.375. The van der Waals surface area contributed by atoms with Crippen LogP contribution in [0.25, 0.3) is 0 Å². The van der Waals surface area contributed by atoms with Gasteiger partial charge in [-0.3, -0.25) is 4.79 Å². The van der Waals surface area contributed by atoms with E-state index in [1.54, 1.807) is 35.0 Å². The molecule has 0 radical (unpaired) electrons. The van der Waals surface area contributed by atoms with Gasteiger partial charge in [0.1, 0.15) is 5.82 Å². The first-order chi connectivity index (χ1) is 10.8. The van der Waals surface area contributed by atoms with Crippen LogP contribution < -0.4 is 5.32 Å². The topological polar surface area (TPSA) is 81.1 Å². The summed E-state index contributed by atoms with van der Waals surface area (Å²) in [6, 6.07) is 8.39. The highest BCUT2D eigenvalue weighted by Crippen LogP contribution is 2.14. The molecule has 0 aliphatic carbocycles. The van der Waals surface area contributed by atoms with Crippen LogP contribution >= 0.6 is 0 Å². The fourth-order valence-electron chi connectivity index (χ4n) is 2.18. The Morgan fingerprint density at radius 2 is 1.87 bits per heavy atom. The van der Waals surface area contributed by atoms with Gasteiger partial charge in [0, 0.05) is 19.0 Å². The zero-order chi connectivity index (χ0) is 17.0. The summed E-state index contributed by atoms with van der Waals surface area (Å²) < 4.78 is 26.1. The van der Waals surface area contributed by atoms with Crippen LogP contribution in [0.4, 0.5) is 5.82 Å². The molecule has 0 fully saturated rings. The van der Waals surface area contributed by atoms with Crippen molar-refractivity contribution in [2.75, 3.05) is 11.1 Å². The van der Waals surface area contributed by atoms with E-state index in [-0.39, 0.29) is 23.0 Å². The van der Waals surface area contributed by atoms with Crippen LogP contribution in [0, 0.1) is 13.8 Å². The van der Waals surface area contributed by atoms with Crippen molar-refractivity contribution < 1.29 is 13.2 Å². The Kier molecular flexibility index (Phi) is 5.20. The molecular weight excluding hydrogens is 314 g/mol. The summed E-state index contributed by atoms with van der Waals surface area (Å²) in [5, 5.41) is 6.94. The van der Waals surface area contributed by atoms with Crippen molar-refractivity contribution in [1.82, 2.24) is 9.78 Å². The minimum Gasteiger partial charge on any atom is -0.311 e. The Bertz CT molecular complexity index is 792. The molecule has 0 saturated heterocycles. The van der Waals surface area contributed by atoms with Gasteiger partial charge in [-0.05, 0) is 32.9 Å². The average molecular weight is 335 g/mol. The predicted molar refractivity (Wildman–Crippen MR) is 89.1 cm³/mol. The molecule has 1 aromatic carbocycles. The third-order valence-electron chi connectivity index (χ3n) is 3.45. The number of aromatic nitrogens is 2. The second-order valence-electron chi connectivity index (χ2n) is 5.42. The van der Waals surface area contributed by atoms with Crippen LogP contribution in [0.1, 0.15) is 24.6 Å². The molecule has 124 valence electrons. The van der Waals surface area contributed by atoms with Crippen LogP contribution in [0.2, 0.25) is 0 Å². The van der Waals surface area contributed by atoms with E-state index in [2.05, 4.69) is 10.4 Å². The third-order valence-corrected chi connectivity index (χ3v) is 5.18. The fourth-order valence-corrected chi connectivity index (χ4v) is 3.42. The quantitative estimate of drug-likeness (QED) is 0.878. The van der Waals surface area contributed by atoms with E-state index >= 15 is 0 Å². The summed E-state index contributed by atoms with van der Waals surface area (Å²) >= 11 is 0. The molecule has 0 aliphatic heterocycles. The van der Waals surface area contributed by atoms with Crippen molar-refractivity contribution >= 4 is 21.6 Å². The first-order valence-corrected chi connectivity index (χ1v) is 9.11. The minimum atomic E-state index is -3.46. The van der Waals surface area contributed by atoms with Gasteiger partial charge in [-0.1, -0.05) is 17.7 Å². The highest BCUT2D eigenvalue weighted by Gasteiger charge is 2.17. The number of carbonyl (C=O) groups is 1. The van der Waals surface area contributed by atoms with Gasteiger partial charge in [-0.15, -0.1) is 0 Å². The molecule has 1 N–H and O–H groups in total. The lowest BCUT2D eigenvalue weighted by molar-refractivity contribution is -0.115. The number of nitrogens with one attached hydrogen (secondary N) is 1. The van der Waals surface area contributed by atoms with Crippen molar-refractivity contribution in [3.05, 3.63) is 41.6 Å². The highest BCUT2D eigenvalue weighted by molar-refractivity contribution is 7.91. The Morgan fingerprint density at radius 3 is 2.48 bits per heavy atom. The summed E-state index contributed by atoms with van der Waals surface area (Å²) in [7, 11) is -3.46. The van der Waals surface area contributed by atoms with Crippen molar-refractivity contribution in [3.8, 4) is 0 Å². The number of carbonyl (C=O) groups excluding carboxylic acids is 1. The zero-order valence-electron chi connectivity index (χ0n) is 13.5. The number of anilines is 1. The monoisotopic (exact) mass is 335 g/mol. The molecule has 0 saturated carbocycles. The van der Waals surface area contributed by atoms with Crippen LogP contribution in [0.3, 0.4) is 0 Å². The standard InChI is InChI=1S/C16H21N3O3S/c1-4-19-15(11-13(3)18-19)17-16(20)9-10-23(21,22)14-7-5-12(2)6-8-14/h5-8,11H,4,9-10H2,1-3H3,(H,17,20). The maximum atomic E-state index is 12.2. The molecule has 0 unspecified atom stereocenters. The van der Waals surface area contributed by atoms with Crippen LogP contribution in [0.5, 0.6) is 0 Å². The number of nitrogens with zero attached hydrogens (tertiary/aromatic N) is 2. The molecule has 0 spiro atoms. The normalized spacial score (nSPS) is 11.4. The minimum absolute atomic E-state index is 0.0931. The van der Waals surface area contributed by atoms with E-state index in [9.17, 15) is 13.2 Å². The van der Waals surface area contributed by atoms with Gasteiger partial charge in [0.05, 0.1) is 16.3 Å². The number of hydrogen-bond acceptors (Lipinski definition) is 4. The summed E-state index contributed by atoms with van der Waals surface area (Å²) in [5.41, 5.74) is 1.79. The van der Waals surface area contributed by atoms with Gasteiger partial charge in [0.15, 0.2) is 9.84 Å². The van der Waals surface area contributed by atoms with Gasteiger partial charge < -0.3 is 5.32 Å². The van der Waals surface area contributed by atoms with Crippen molar-refractivity contribution in [2.24, 2.45) is 0 Å². The molecule has 0 bridgehead atoms. The van der Waals surface area contributed by atoms with Crippen LogP contribution in [-0.4, -0.2) is 29.9 Å². The van der Waals surface area contributed by atoms with Gasteiger partial charge in [-0.2, -0.15) is 5.10 Å². The van der Waals surface area contributed by atoms with Crippen LogP contribution in [-0.2, 0) is 21.2 Å². The molecule has 2 aromatic rings. The number of rotatable bonds is 6. The second kappa shape index (κ2) is 6.95. The number of benzene rings is 1. The molecule has 7 heteroatoms. The van der Waals surface area contributed by atoms with Gasteiger partial charge in [0.25, 0.3) is 0 Å². The molecule has 1 amide bonds. The molecule has 1 heterocycles. The number of hydrogen-bond donors (Lipinski definition) is 1. The smallest absolute Gasteiger partial charge is 0.226 e. The lowest BCUT2D eigenvalue weighted by atomic mass is 10.2. The second-order valence-corrected chi connectivity index (χ2v) is 7.53. The molecular formula is C16H21N3O3S. The maximum absolute atomic E-state index is 12.2. The lowest BCUT2D eigenvalue weighted by Crippen LogP contribution is -2.19. The maximum Gasteiger partial charge on any atom is 0.226 e. The molecule has 0 atom stereocenters. The third kappa shape index (κ3) is 4.41. The Morgan fingerprint density at radius 1 is 1.22 bits per heavy atom. The Hall–Kier alpha value is -2.15. The zero-order valence-corrected chi connectivity index (χ0v) is 14.4. The Labute approximate surface area is 136 Å². The Balaban J connectivity index is 1.99. The largest absolute Gasteiger partial charge is 0.311 e. The number of amides is 1. The van der Waals surface area contributed by atoms with E-state index in [1.807, 2.05) is 20.8 Å². The van der Waals surface area contributed by atoms with Gasteiger partial charge in [-0.25, -0.2) is 13.1 Å².